The number of benzene rings is 1. The summed E-state index contributed by atoms with van der Waals surface area (Å²) in [5.41, 5.74) is 1.43. The van der Waals surface area contributed by atoms with Crippen LogP contribution in [0.2, 0.25) is 0 Å². The topological polar surface area (TPSA) is 105 Å². The standard InChI is InChI=1S/C22H28N6O2/c1-14(26-19-13-23-18(12-24-19)22(4,5)29)11-25-20-15(2)16(3)21(28-27-20)30-17-9-7-6-8-10-17/h6-10,12-14,29H,11H2,1-5H3,(H,24,26)(H,25,27)/t14-/m1/s1. The van der Waals surface area contributed by atoms with Gasteiger partial charge in [0, 0.05) is 23.7 Å². The van der Waals surface area contributed by atoms with Crippen molar-refractivity contribution < 1.29 is 9.84 Å². The molecule has 2 heterocycles. The molecule has 2 aromatic heterocycles. The molecule has 0 spiro atoms. The number of aliphatic hydroxyl groups is 1. The van der Waals surface area contributed by atoms with E-state index < -0.39 is 5.60 Å². The highest BCUT2D eigenvalue weighted by Gasteiger charge is 2.18. The minimum Gasteiger partial charge on any atom is -0.437 e. The molecule has 3 aromatic rings. The summed E-state index contributed by atoms with van der Waals surface area (Å²) in [5, 5.41) is 25.1. The van der Waals surface area contributed by atoms with Gasteiger partial charge in [-0.05, 0) is 46.8 Å². The van der Waals surface area contributed by atoms with Gasteiger partial charge in [-0.1, -0.05) is 18.2 Å². The van der Waals surface area contributed by atoms with Crippen LogP contribution in [-0.4, -0.2) is 37.9 Å². The number of para-hydroxylation sites is 1. The molecule has 1 aromatic carbocycles. The van der Waals surface area contributed by atoms with Gasteiger partial charge in [0.2, 0.25) is 5.88 Å². The Hall–Kier alpha value is -3.26. The first kappa shape index (κ1) is 21.4. The number of nitrogens with one attached hydrogen (secondary N) is 2. The first-order valence-electron chi connectivity index (χ1n) is 9.86. The van der Waals surface area contributed by atoms with Crippen LogP contribution in [0, 0.1) is 13.8 Å². The monoisotopic (exact) mass is 408 g/mol. The lowest BCUT2D eigenvalue weighted by Gasteiger charge is -2.19. The van der Waals surface area contributed by atoms with E-state index in [1.54, 1.807) is 26.2 Å². The average Bonchev–Trinajstić information content (AvgIpc) is 2.71. The second-order valence-electron chi connectivity index (χ2n) is 7.79. The lowest BCUT2D eigenvalue weighted by molar-refractivity contribution is 0.0734. The van der Waals surface area contributed by atoms with Crippen molar-refractivity contribution in [2.24, 2.45) is 0 Å². The Morgan fingerprint density at radius 2 is 1.77 bits per heavy atom. The molecule has 0 saturated heterocycles. The smallest absolute Gasteiger partial charge is 0.242 e. The van der Waals surface area contributed by atoms with Crippen molar-refractivity contribution in [1.29, 1.82) is 0 Å². The summed E-state index contributed by atoms with van der Waals surface area (Å²) in [6.45, 7) is 9.96. The van der Waals surface area contributed by atoms with Crippen molar-refractivity contribution >= 4 is 11.6 Å². The van der Waals surface area contributed by atoms with Crippen LogP contribution in [0.1, 0.15) is 37.6 Å². The van der Waals surface area contributed by atoms with E-state index in [-0.39, 0.29) is 6.04 Å². The fourth-order valence-electron chi connectivity index (χ4n) is 2.72. The summed E-state index contributed by atoms with van der Waals surface area (Å²) >= 11 is 0. The quantitative estimate of drug-likeness (QED) is 0.517. The molecule has 3 N–H and O–H groups in total. The van der Waals surface area contributed by atoms with E-state index in [0.29, 0.717) is 29.8 Å². The molecule has 1 atom stereocenters. The molecule has 158 valence electrons. The number of anilines is 2. The van der Waals surface area contributed by atoms with Gasteiger partial charge in [-0.3, -0.25) is 4.98 Å². The van der Waals surface area contributed by atoms with Crippen LogP contribution in [0.5, 0.6) is 11.6 Å². The Labute approximate surface area is 176 Å². The minimum absolute atomic E-state index is 0.0639. The maximum atomic E-state index is 9.97. The van der Waals surface area contributed by atoms with Crippen LogP contribution >= 0.6 is 0 Å². The molecule has 8 nitrogen and oxygen atoms in total. The maximum absolute atomic E-state index is 9.97. The second-order valence-corrected chi connectivity index (χ2v) is 7.79. The van der Waals surface area contributed by atoms with Crippen molar-refractivity contribution in [3.05, 3.63) is 59.5 Å². The number of ether oxygens (including phenoxy) is 1. The number of aromatic nitrogens is 4. The van der Waals surface area contributed by atoms with E-state index in [4.69, 9.17) is 4.74 Å². The molecule has 0 unspecified atom stereocenters. The Balaban J connectivity index is 1.59. The van der Waals surface area contributed by atoms with E-state index >= 15 is 0 Å². The van der Waals surface area contributed by atoms with E-state index in [0.717, 1.165) is 16.9 Å². The fourth-order valence-corrected chi connectivity index (χ4v) is 2.72. The number of hydrogen-bond acceptors (Lipinski definition) is 8. The lowest BCUT2D eigenvalue weighted by atomic mass is 10.1. The third-order valence-electron chi connectivity index (χ3n) is 4.69. The Morgan fingerprint density at radius 1 is 1.03 bits per heavy atom. The highest BCUT2D eigenvalue weighted by molar-refractivity contribution is 5.50. The van der Waals surface area contributed by atoms with Crippen LogP contribution < -0.4 is 15.4 Å². The summed E-state index contributed by atoms with van der Waals surface area (Å²) in [4.78, 5) is 8.58. The van der Waals surface area contributed by atoms with E-state index in [2.05, 4.69) is 30.8 Å². The van der Waals surface area contributed by atoms with Crippen molar-refractivity contribution in [3.8, 4) is 11.6 Å². The normalized spacial score (nSPS) is 12.3. The van der Waals surface area contributed by atoms with Crippen molar-refractivity contribution in [1.82, 2.24) is 20.2 Å². The third-order valence-corrected chi connectivity index (χ3v) is 4.69. The highest BCUT2D eigenvalue weighted by atomic mass is 16.5. The zero-order valence-corrected chi connectivity index (χ0v) is 18.0. The molecule has 0 bridgehead atoms. The van der Waals surface area contributed by atoms with Crippen molar-refractivity contribution in [2.45, 2.75) is 46.3 Å². The zero-order valence-electron chi connectivity index (χ0n) is 18.0. The highest BCUT2D eigenvalue weighted by Crippen LogP contribution is 2.26. The Bertz CT molecular complexity index is 971. The third kappa shape index (κ3) is 5.42. The van der Waals surface area contributed by atoms with Gasteiger partial charge >= 0.3 is 0 Å². The fraction of sp³-hybridized carbons (Fsp3) is 0.364. The van der Waals surface area contributed by atoms with E-state index in [9.17, 15) is 5.11 Å². The molecule has 0 saturated carbocycles. The predicted molar refractivity (Wildman–Crippen MR) is 117 cm³/mol. The van der Waals surface area contributed by atoms with Crippen molar-refractivity contribution in [3.63, 3.8) is 0 Å². The summed E-state index contributed by atoms with van der Waals surface area (Å²) in [7, 11) is 0. The lowest BCUT2D eigenvalue weighted by Crippen LogP contribution is -2.26. The van der Waals surface area contributed by atoms with Gasteiger partial charge in [0.25, 0.3) is 0 Å². The second kappa shape index (κ2) is 9.04. The van der Waals surface area contributed by atoms with Gasteiger partial charge in [-0.15, -0.1) is 10.2 Å². The average molecular weight is 409 g/mol. The van der Waals surface area contributed by atoms with Crippen LogP contribution in [0.25, 0.3) is 0 Å². The molecule has 3 rings (SSSR count). The summed E-state index contributed by atoms with van der Waals surface area (Å²) < 4.78 is 5.84. The molecule has 8 heteroatoms. The van der Waals surface area contributed by atoms with E-state index in [1.807, 2.05) is 51.1 Å². The maximum Gasteiger partial charge on any atom is 0.242 e. The predicted octanol–water partition coefficient (Wildman–Crippen LogP) is 3.82. The molecule has 0 aliphatic carbocycles. The first-order chi connectivity index (χ1) is 14.2. The van der Waals surface area contributed by atoms with Gasteiger partial charge in [-0.2, -0.15) is 0 Å². The Morgan fingerprint density at radius 3 is 2.40 bits per heavy atom. The van der Waals surface area contributed by atoms with Gasteiger partial charge in [0.1, 0.15) is 17.2 Å². The summed E-state index contributed by atoms with van der Waals surface area (Å²) in [6, 6.07) is 9.59. The summed E-state index contributed by atoms with van der Waals surface area (Å²) in [6.07, 6.45) is 3.20. The van der Waals surface area contributed by atoms with Crippen molar-refractivity contribution in [2.75, 3.05) is 17.2 Å². The largest absolute Gasteiger partial charge is 0.437 e. The van der Waals surface area contributed by atoms with Gasteiger partial charge in [-0.25, -0.2) is 4.98 Å². The summed E-state index contributed by atoms with van der Waals surface area (Å²) in [5.74, 6) is 2.58. The minimum atomic E-state index is -1.01. The molecule has 0 amide bonds. The SMILES string of the molecule is Cc1c(NC[C@@H](C)Nc2cnc(C(C)(C)O)cn2)nnc(Oc2ccccc2)c1C. The van der Waals surface area contributed by atoms with Crippen LogP contribution in [0.4, 0.5) is 11.6 Å². The first-order valence-corrected chi connectivity index (χ1v) is 9.86. The number of hydrogen-bond donors (Lipinski definition) is 3. The number of rotatable bonds is 8. The molecule has 30 heavy (non-hydrogen) atoms. The van der Waals surface area contributed by atoms with Gasteiger partial charge in [0.05, 0.1) is 18.1 Å². The van der Waals surface area contributed by atoms with Crippen LogP contribution in [0.3, 0.4) is 0 Å². The van der Waals surface area contributed by atoms with Crippen LogP contribution in [0.15, 0.2) is 42.7 Å². The van der Waals surface area contributed by atoms with Gasteiger partial charge < -0.3 is 20.5 Å². The molecule has 0 fully saturated rings. The Kier molecular flexibility index (Phi) is 6.47. The molecule has 0 aliphatic rings. The zero-order chi connectivity index (χ0) is 21.7. The molecule has 0 aliphatic heterocycles. The molecular formula is C22H28N6O2. The molecule has 0 radical (unpaired) electrons. The van der Waals surface area contributed by atoms with Crippen LogP contribution in [-0.2, 0) is 5.60 Å². The van der Waals surface area contributed by atoms with E-state index in [1.165, 1.54) is 0 Å². The van der Waals surface area contributed by atoms with Gasteiger partial charge in [0.15, 0.2) is 5.82 Å². The number of nitrogens with zero attached hydrogens (tertiary/aromatic N) is 4. The molecular weight excluding hydrogens is 380 g/mol.